The molecule has 1 atom stereocenters. The fraction of sp³-hybridized carbons (Fsp3) is 0.650. The third kappa shape index (κ3) is 5.91. The Bertz CT molecular complexity index is 510. The molecule has 4 heteroatoms. The van der Waals surface area contributed by atoms with Crippen LogP contribution >= 0.6 is 0 Å². The topological polar surface area (TPSA) is 32.8 Å². The molecule has 2 rings (SSSR count). The first kappa shape index (κ1) is 18.9. The van der Waals surface area contributed by atoms with Crippen LogP contribution in [0.25, 0.3) is 0 Å². The SMILES string of the molecule is CCCCN1CCN(Cc2ccccc2)C[C@H]1C(=O)OC(C)(C)C. The Labute approximate surface area is 146 Å². The first-order valence-electron chi connectivity index (χ1n) is 9.12. The van der Waals surface area contributed by atoms with Gasteiger partial charge in [-0.1, -0.05) is 43.7 Å². The van der Waals surface area contributed by atoms with E-state index < -0.39 is 5.60 Å². The second-order valence-electron chi connectivity index (χ2n) is 7.66. The molecule has 0 spiro atoms. The summed E-state index contributed by atoms with van der Waals surface area (Å²) in [4.78, 5) is 17.4. The molecule has 0 radical (unpaired) electrons. The Balaban J connectivity index is 2.03. The Morgan fingerprint density at radius 2 is 1.92 bits per heavy atom. The van der Waals surface area contributed by atoms with Crippen molar-refractivity contribution >= 4 is 5.97 Å². The molecule has 1 fully saturated rings. The molecule has 1 aliphatic heterocycles. The Hall–Kier alpha value is -1.39. The van der Waals surface area contributed by atoms with E-state index in [1.807, 2.05) is 26.8 Å². The zero-order valence-electron chi connectivity index (χ0n) is 15.6. The molecule has 0 N–H and O–H groups in total. The standard InChI is InChI=1S/C20H32N2O2/c1-5-6-12-22-14-13-21(15-17-10-8-7-9-11-17)16-18(22)19(23)24-20(2,3)4/h7-11,18H,5-6,12-16H2,1-4H3/t18-/m0/s1. The average molecular weight is 332 g/mol. The summed E-state index contributed by atoms with van der Waals surface area (Å²) in [5, 5.41) is 0. The molecule has 0 aromatic heterocycles. The van der Waals surface area contributed by atoms with Crippen molar-refractivity contribution in [1.29, 1.82) is 0 Å². The van der Waals surface area contributed by atoms with E-state index in [2.05, 4.69) is 41.0 Å². The lowest BCUT2D eigenvalue weighted by Gasteiger charge is -2.41. The summed E-state index contributed by atoms with van der Waals surface area (Å²) < 4.78 is 5.68. The van der Waals surface area contributed by atoms with E-state index in [0.717, 1.165) is 45.6 Å². The summed E-state index contributed by atoms with van der Waals surface area (Å²) in [5.74, 6) is -0.0867. The molecule has 1 saturated heterocycles. The third-order valence-electron chi connectivity index (χ3n) is 4.30. The van der Waals surface area contributed by atoms with E-state index in [1.54, 1.807) is 0 Å². The molecule has 4 nitrogen and oxygen atoms in total. The third-order valence-corrected chi connectivity index (χ3v) is 4.30. The highest BCUT2D eigenvalue weighted by molar-refractivity contribution is 5.76. The minimum atomic E-state index is -0.435. The van der Waals surface area contributed by atoms with Gasteiger partial charge in [0.05, 0.1) is 0 Å². The molecule has 1 aromatic rings. The van der Waals surface area contributed by atoms with Gasteiger partial charge >= 0.3 is 5.97 Å². The number of carbonyl (C=O) groups excluding carboxylic acids is 1. The highest BCUT2D eigenvalue weighted by atomic mass is 16.6. The molecule has 1 aromatic carbocycles. The minimum absolute atomic E-state index is 0.0867. The predicted molar refractivity (Wildman–Crippen MR) is 97.8 cm³/mol. The predicted octanol–water partition coefficient (Wildman–Crippen LogP) is 3.31. The molecule has 1 heterocycles. The van der Waals surface area contributed by atoms with Gasteiger partial charge in [-0.2, -0.15) is 0 Å². The number of esters is 1. The lowest BCUT2D eigenvalue weighted by molar-refractivity contribution is -0.164. The molecule has 1 aliphatic rings. The summed E-state index contributed by atoms with van der Waals surface area (Å²) in [6.45, 7) is 12.5. The quantitative estimate of drug-likeness (QED) is 0.748. The van der Waals surface area contributed by atoms with Crippen LogP contribution in [0.15, 0.2) is 30.3 Å². The van der Waals surface area contributed by atoms with Gasteiger partial charge in [-0.3, -0.25) is 14.6 Å². The zero-order valence-corrected chi connectivity index (χ0v) is 15.6. The summed E-state index contributed by atoms with van der Waals surface area (Å²) in [7, 11) is 0. The number of piperazine rings is 1. The van der Waals surface area contributed by atoms with Crippen LogP contribution in [-0.2, 0) is 16.1 Å². The number of hydrogen-bond acceptors (Lipinski definition) is 4. The summed E-state index contributed by atoms with van der Waals surface area (Å²) in [6.07, 6.45) is 2.27. The van der Waals surface area contributed by atoms with E-state index in [0.29, 0.717) is 0 Å². The fourth-order valence-corrected chi connectivity index (χ4v) is 3.08. The van der Waals surface area contributed by atoms with Gasteiger partial charge in [0.25, 0.3) is 0 Å². The molecule has 0 unspecified atom stereocenters. The average Bonchev–Trinajstić information content (AvgIpc) is 2.53. The number of benzene rings is 1. The van der Waals surface area contributed by atoms with Gasteiger partial charge in [0.1, 0.15) is 11.6 Å². The maximum atomic E-state index is 12.7. The van der Waals surface area contributed by atoms with Crippen LogP contribution in [0.3, 0.4) is 0 Å². The van der Waals surface area contributed by atoms with Gasteiger partial charge in [-0.15, -0.1) is 0 Å². The van der Waals surface area contributed by atoms with Crippen molar-refractivity contribution in [1.82, 2.24) is 9.80 Å². The number of rotatable bonds is 6. The second-order valence-corrected chi connectivity index (χ2v) is 7.66. The van der Waals surface area contributed by atoms with E-state index in [-0.39, 0.29) is 12.0 Å². The van der Waals surface area contributed by atoms with Gasteiger partial charge < -0.3 is 4.74 Å². The molecule has 0 saturated carbocycles. The summed E-state index contributed by atoms with van der Waals surface area (Å²) in [6, 6.07) is 10.3. The van der Waals surface area contributed by atoms with Crippen molar-refractivity contribution in [2.24, 2.45) is 0 Å². The zero-order chi connectivity index (χ0) is 17.6. The Kier molecular flexibility index (Phi) is 6.81. The maximum absolute atomic E-state index is 12.7. The Morgan fingerprint density at radius 3 is 2.54 bits per heavy atom. The lowest BCUT2D eigenvalue weighted by Crippen LogP contribution is -2.57. The fourth-order valence-electron chi connectivity index (χ4n) is 3.08. The van der Waals surface area contributed by atoms with E-state index in [1.165, 1.54) is 5.56 Å². The van der Waals surface area contributed by atoms with Crippen molar-refractivity contribution in [3.05, 3.63) is 35.9 Å². The van der Waals surface area contributed by atoms with Crippen LogP contribution in [-0.4, -0.2) is 53.6 Å². The largest absolute Gasteiger partial charge is 0.459 e. The number of carbonyl (C=O) groups is 1. The van der Waals surface area contributed by atoms with Crippen LogP contribution in [0.5, 0.6) is 0 Å². The number of ether oxygens (including phenoxy) is 1. The minimum Gasteiger partial charge on any atom is -0.459 e. The van der Waals surface area contributed by atoms with Crippen LogP contribution in [0, 0.1) is 0 Å². The van der Waals surface area contributed by atoms with Crippen LogP contribution in [0.2, 0.25) is 0 Å². The first-order valence-corrected chi connectivity index (χ1v) is 9.12. The van der Waals surface area contributed by atoms with Crippen molar-refractivity contribution in [2.75, 3.05) is 26.2 Å². The van der Waals surface area contributed by atoms with E-state index in [4.69, 9.17) is 4.74 Å². The molecule has 0 bridgehead atoms. The van der Waals surface area contributed by atoms with Gasteiger partial charge in [0.15, 0.2) is 0 Å². The van der Waals surface area contributed by atoms with Crippen molar-refractivity contribution < 1.29 is 9.53 Å². The smallest absolute Gasteiger partial charge is 0.325 e. The highest BCUT2D eigenvalue weighted by Crippen LogP contribution is 2.18. The summed E-state index contributed by atoms with van der Waals surface area (Å²) in [5.41, 5.74) is 0.859. The maximum Gasteiger partial charge on any atom is 0.325 e. The molecular weight excluding hydrogens is 300 g/mol. The van der Waals surface area contributed by atoms with Crippen molar-refractivity contribution in [3.8, 4) is 0 Å². The van der Waals surface area contributed by atoms with Crippen molar-refractivity contribution in [3.63, 3.8) is 0 Å². The molecule has 24 heavy (non-hydrogen) atoms. The Morgan fingerprint density at radius 1 is 1.21 bits per heavy atom. The monoisotopic (exact) mass is 332 g/mol. The van der Waals surface area contributed by atoms with Gasteiger partial charge in [0, 0.05) is 26.2 Å². The van der Waals surface area contributed by atoms with Crippen LogP contribution in [0.1, 0.15) is 46.1 Å². The van der Waals surface area contributed by atoms with E-state index >= 15 is 0 Å². The van der Waals surface area contributed by atoms with Crippen molar-refractivity contribution in [2.45, 2.75) is 58.7 Å². The number of hydrogen-bond donors (Lipinski definition) is 0. The van der Waals surface area contributed by atoms with Crippen LogP contribution < -0.4 is 0 Å². The van der Waals surface area contributed by atoms with Gasteiger partial charge in [-0.05, 0) is 39.3 Å². The highest BCUT2D eigenvalue weighted by Gasteiger charge is 2.34. The molecule has 0 aliphatic carbocycles. The number of nitrogens with zero attached hydrogens (tertiary/aromatic N) is 2. The van der Waals surface area contributed by atoms with Gasteiger partial charge in [-0.25, -0.2) is 0 Å². The van der Waals surface area contributed by atoms with Crippen LogP contribution in [0.4, 0.5) is 0 Å². The normalized spacial score (nSPS) is 20.1. The lowest BCUT2D eigenvalue weighted by atomic mass is 10.1. The van der Waals surface area contributed by atoms with Gasteiger partial charge in [0.2, 0.25) is 0 Å². The second kappa shape index (κ2) is 8.63. The molecular formula is C20H32N2O2. The molecule has 134 valence electrons. The number of unbranched alkanes of at least 4 members (excludes halogenated alkanes) is 1. The van der Waals surface area contributed by atoms with E-state index in [9.17, 15) is 4.79 Å². The first-order chi connectivity index (χ1) is 11.4. The molecule has 0 amide bonds. The summed E-state index contributed by atoms with van der Waals surface area (Å²) >= 11 is 0.